The third-order valence-corrected chi connectivity index (χ3v) is 4.77. The summed E-state index contributed by atoms with van der Waals surface area (Å²) in [7, 11) is 3.18. The van der Waals surface area contributed by atoms with Gasteiger partial charge in [-0.25, -0.2) is 0 Å². The number of amides is 1. The molecule has 1 N–H and O–H groups in total. The monoisotopic (exact) mass is 391 g/mol. The number of carbonyl (C=O) groups excluding carboxylic acids is 1. The molecule has 5 nitrogen and oxygen atoms in total. The molecule has 0 aliphatic carbocycles. The fraction of sp³-hybridized carbons (Fsp3) is 0.381. The molecular weight excluding hydrogens is 366 g/mol. The van der Waals surface area contributed by atoms with E-state index in [0.717, 1.165) is 17.5 Å². The molecule has 2 aromatic carbocycles. The third kappa shape index (κ3) is 5.30. The molecule has 2 rings (SSSR count). The Morgan fingerprint density at radius 1 is 1.11 bits per heavy atom. The number of carbonyl (C=O) groups is 1. The van der Waals surface area contributed by atoms with E-state index in [1.54, 1.807) is 33.3 Å². The first-order chi connectivity index (χ1) is 12.9. The van der Waals surface area contributed by atoms with Crippen LogP contribution < -0.4 is 19.5 Å². The van der Waals surface area contributed by atoms with Gasteiger partial charge in [-0.05, 0) is 61.7 Å². The summed E-state index contributed by atoms with van der Waals surface area (Å²) in [4.78, 5) is 12.6. The summed E-state index contributed by atoms with van der Waals surface area (Å²) in [6.45, 7) is 5.63. The lowest BCUT2D eigenvalue weighted by molar-refractivity contribution is -0.128. The Morgan fingerprint density at radius 3 is 2.41 bits per heavy atom. The van der Waals surface area contributed by atoms with Gasteiger partial charge in [0.05, 0.1) is 20.3 Å². The fourth-order valence-electron chi connectivity index (χ4n) is 2.73. The van der Waals surface area contributed by atoms with Gasteiger partial charge in [-0.15, -0.1) is 0 Å². The zero-order chi connectivity index (χ0) is 20.0. The highest BCUT2D eigenvalue weighted by atomic mass is 35.5. The number of halogens is 1. The molecule has 146 valence electrons. The van der Waals surface area contributed by atoms with E-state index in [1.165, 1.54) is 0 Å². The van der Waals surface area contributed by atoms with Crippen molar-refractivity contribution in [2.45, 2.75) is 39.3 Å². The van der Waals surface area contributed by atoms with Crippen LogP contribution in [0.3, 0.4) is 0 Å². The minimum atomic E-state index is -0.639. The van der Waals surface area contributed by atoms with E-state index in [2.05, 4.69) is 5.32 Å². The Labute approximate surface area is 165 Å². The molecule has 27 heavy (non-hydrogen) atoms. The summed E-state index contributed by atoms with van der Waals surface area (Å²) < 4.78 is 16.4. The Hall–Kier alpha value is -2.40. The summed E-state index contributed by atoms with van der Waals surface area (Å²) in [5, 5.41) is 3.70. The molecule has 1 amide bonds. The summed E-state index contributed by atoms with van der Waals surface area (Å²) in [5.74, 6) is 1.70. The van der Waals surface area contributed by atoms with E-state index >= 15 is 0 Å². The van der Waals surface area contributed by atoms with Gasteiger partial charge >= 0.3 is 0 Å². The highest BCUT2D eigenvalue weighted by Crippen LogP contribution is 2.31. The van der Waals surface area contributed by atoms with Gasteiger partial charge in [0.25, 0.3) is 5.91 Å². The minimum Gasteiger partial charge on any atom is -0.493 e. The minimum absolute atomic E-state index is 0.157. The molecule has 0 heterocycles. The van der Waals surface area contributed by atoms with E-state index in [0.29, 0.717) is 22.3 Å². The lowest BCUT2D eigenvalue weighted by Crippen LogP contribution is -2.38. The van der Waals surface area contributed by atoms with E-state index in [-0.39, 0.29) is 11.9 Å². The lowest BCUT2D eigenvalue weighted by Gasteiger charge is -2.22. The normalized spacial score (nSPS) is 12.8. The van der Waals surface area contributed by atoms with Gasteiger partial charge in [0.15, 0.2) is 17.6 Å². The zero-order valence-electron chi connectivity index (χ0n) is 16.3. The van der Waals surface area contributed by atoms with Crippen LogP contribution in [0, 0.1) is 6.92 Å². The summed E-state index contributed by atoms with van der Waals surface area (Å²) >= 11 is 6.03. The van der Waals surface area contributed by atoms with Crippen molar-refractivity contribution in [3.05, 3.63) is 52.5 Å². The Bertz CT molecular complexity index is 794. The van der Waals surface area contributed by atoms with Crippen LogP contribution in [-0.4, -0.2) is 26.2 Å². The Kier molecular flexibility index (Phi) is 7.36. The maximum absolute atomic E-state index is 12.6. The fourth-order valence-corrected chi connectivity index (χ4v) is 2.85. The largest absolute Gasteiger partial charge is 0.493 e. The number of ether oxygens (including phenoxy) is 3. The summed E-state index contributed by atoms with van der Waals surface area (Å²) in [6, 6.07) is 10.8. The number of nitrogens with one attached hydrogen (secondary N) is 1. The van der Waals surface area contributed by atoms with Gasteiger partial charge in [-0.3, -0.25) is 4.79 Å². The second kappa shape index (κ2) is 9.51. The average Bonchev–Trinajstić information content (AvgIpc) is 2.68. The lowest BCUT2D eigenvalue weighted by atomic mass is 10.0. The van der Waals surface area contributed by atoms with E-state index < -0.39 is 6.10 Å². The molecule has 0 fully saturated rings. The summed E-state index contributed by atoms with van der Waals surface area (Å²) in [6.07, 6.45) is 0.0911. The molecule has 0 saturated heterocycles. The van der Waals surface area contributed by atoms with Crippen molar-refractivity contribution in [2.24, 2.45) is 0 Å². The molecule has 0 spiro atoms. The molecular formula is C21H26ClNO4. The number of hydrogen-bond acceptors (Lipinski definition) is 4. The first-order valence-corrected chi connectivity index (χ1v) is 9.22. The maximum Gasteiger partial charge on any atom is 0.261 e. The van der Waals surface area contributed by atoms with Gasteiger partial charge < -0.3 is 19.5 Å². The second-order valence-electron chi connectivity index (χ2n) is 6.25. The van der Waals surface area contributed by atoms with Crippen molar-refractivity contribution in [3.63, 3.8) is 0 Å². The first kappa shape index (κ1) is 20.9. The highest BCUT2D eigenvalue weighted by Gasteiger charge is 2.20. The molecule has 0 radical (unpaired) electrons. The van der Waals surface area contributed by atoms with Gasteiger partial charge in [0.2, 0.25) is 0 Å². The van der Waals surface area contributed by atoms with Gasteiger partial charge in [0.1, 0.15) is 5.75 Å². The van der Waals surface area contributed by atoms with Crippen LogP contribution in [0.15, 0.2) is 36.4 Å². The third-order valence-electron chi connectivity index (χ3n) is 4.35. The highest BCUT2D eigenvalue weighted by molar-refractivity contribution is 6.31. The molecule has 2 unspecified atom stereocenters. The van der Waals surface area contributed by atoms with Crippen LogP contribution >= 0.6 is 11.6 Å². The van der Waals surface area contributed by atoms with Crippen LogP contribution in [0.1, 0.15) is 37.4 Å². The van der Waals surface area contributed by atoms with Crippen molar-refractivity contribution in [2.75, 3.05) is 14.2 Å². The van der Waals surface area contributed by atoms with Crippen molar-refractivity contribution in [1.29, 1.82) is 0 Å². The maximum atomic E-state index is 12.6. The summed E-state index contributed by atoms with van der Waals surface area (Å²) in [5.41, 5.74) is 1.84. The molecule has 2 aromatic rings. The van der Waals surface area contributed by atoms with Crippen molar-refractivity contribution < 1.29 is 19.0 Å². The molecule has 2 atom stereocenters. The van der Waals surface area contributed by atoms with Crippen LogP contribution in [-0.2, 0) is 4.79 Å². The number of hydrogen-bond donors (Lipinski definition) is 1. The van der Waals surface area contributed by atoms with Crippen molar-refractivity contribution in [1.82, 2.24) is 5.32 Å². The molecule has 0 aromatic heterocycles. The zero-order valence-corrected chi connectivity index (χ0v) is 17.1. The quantitative estimate of drug-likeness (QED) is 0.708. The first-order valence-electron chi connectivity index (χ1n) is 8.84. The van der Waals surface area contributed by atoms with Crippen LogP contribution in [0.2, 0.25) is 5.02 Å². The SMILES string of the molecule is CCC(NC(=O)C(C)Oc1ccc(Cl)c(C)c1)c1ccc(OC)c(OC)c1. The Morgan fingerprint density at radius 2 is 1.81 bits per heavy atom. The van der Waals surface area contributed by atoms with E-state index in [4.69, 9.17) is 25.8 Å². The smallest absolute Gasteiger partial charge is 0.261 e. The number of rotatable bonds is 8. The van der Waals surface area contributed by atoms with Crippen LogP contribution in [0.5, 0.6) is 17.2 Å². The van der Waals surface area contributed by atoms with E-state index in [1.807, 2.05) is 38.1 Å². The second-order valence-corrected chi connectivity index (χ2v) is 6.66. The van der Waals surface area contributed by atoms with Gasteiger partial charge in [-0.2, -0.15) is 0 Å². The molecule has 0 bridgehead atoms. The predicted octanol–water partition coefficient (Wildman–Crippen LogP) is 4.70. The van der Waals surface area contributed by atoms with Crippen molar-refractivity contribution >= 4 is 17.5 Å². The number of aryl methyl sites for hydroxylation is 1. The molecule has 0 saturated carbocycles. The standard InChI is InChI=1S/C21H26ClNO4/c1-6-18(15-7-10-19(25-4)20(12-15)26-5)23-21(24)14(3)27-16-8-9-17(22)13(2)11-16/h7-12,14,18H,6H2,1-5H3,(H,23,24). The molecule has 0 aliphatic rings. The molecule has 0 aliphatic heterocycles. The van der Waals surface area contributed by atoms with Crippen molar-refractivity contribution in [3.8, 4) is 17.2 Å². The van der Waals surface area contributed by atoms with Gasteiger partial charge in [-0.1, -0.05) is 24.6 Å². The predicted molar refractivity (Wildman–Crippen MR) is 107 cm³/mol. The Balaban J connectivity index is 2.08. The topological polar surface area (TPSA) is 56.8 Å². The molecule has 6 heteroatoms. The number of methoxy groups -OCH3 is 2. The van der Waals surface area contributed by atoms with Crippen LogP contribution in [0.4, 0.5) is 0 Å². The van der Waals surface area contributed by atoms with E-state index in [9.17, 15) is 4.79 Å². The number of benzene rings is 2. The van der Waals surface area contributed by atoms with Gasteiger partial charge in [0, 0.05) is 5.02 Å². The average molecular weight is 392 g/mol. The van der Waals surface area contributed by atoms with Crippen LogP contribution in [0.25, 0.3) is 0 Å².